The van der Waals surface area contributed by atoms with E-state index in [1.165, 1.54) is 19.6 Å². The summed E-state index contributed by atoms with van der Waals surface area (Å²) in [5, 5.41) is 0. The van der Waals surface area contributed by atoms with Crippen LogP contribution in [0.25, 0.3) is 0 Å². The summed E-state index contributed by atoms with van der Waals surface area (Å²) in [5.41, 5.74) is 1.79. The van der Waals surface area contributed by atoms with Gasteiger partial charge in [0.2, 0.25) is 0 Å². The van der Waals surface area contributed by atoms with Crippen LogP contribution in [-0.4, -0.2) is 18.9 Å². The van der Waals surface area contributed by atoms with Gasteiger partial charge in [0, 0.05) is 18.9 Å². The van der Waals surface area contributed by atoms with Crippen LogP contribution in [0.3, 0.4) is 0 Å². The molecule has 0 N–H and O–H groups in total. The third-order valence-corrected chi connectivity index (χ3v) is 3.45. The van der Waals surface area contributed by atoms with Gasteiger partial charge < -0.3 is 9.47 Å². The molecule has 23 heavy (non-hydrogen) atoms. The third-order valence-electron chi connectivity index (χ3n) is 3.45. The van der Waals surface area contributed by atoms with E-state index in [1.807, 2.05) is 18.2 Å². The van der Waals surface area contributed by atoms with Crippen LogP contribution in [0.15, 0.2) is 48.5 Å². The third kappa shape index (κ3) is 4.95. The quantitative estimate of drug-likeness (QED) is 0.443. The molecule has 0 saturated heterocycles. The number of ketones is 1. The molecule has 0 aliphatic heterocycles. The second-order valence-corrected chi connectivity index (χ2v) is 5.22. The molecular weight excluding hydrogens is 292 g/mol. The Morgan fingerprint density at radius 1 is 1.00 bits per heavy atom. The van der Waals surface area contributed by atoms with Crippen molar-refractivity contribution >= 4 is 11.8 Å². The number of carbonyl (C=O) groups is 2. The van der Waals surface area contributed by atoms with Crippen LogP contribution >= 0.6 is 0 Å². The van der Waals surface area contributed by atoms with Crippen LogP contribution in [-0.2, 0) is 11.2 Å². The monoisotopic (exact) mass is 312 g/mol. The molecule has 0 saturated carbocycles. The van der Waals surface area contributed by atoms with Crippen LogP contribution < -0.4 is 9.47 Å². The van der Waals surface area contributed by atoms with Crippen molar-refractivity contribution < 1.29 is 19.1 Å². The van der Waals surface area contributed by atoms with E-state index in [0.717, 1.165) is 12.8 Å². The predicted octanol–water partition coefficient (Wildman–Crippen LogP) is 3.83. The average molecular weight is 312 g/mol. The van der Waals surface area contributed by atoms with Crippen molar-refractivity contribution in [3.63, 3.8) is 0 Å². The minimum atomic E-state index is -0.426. The maximum absolute atomic E-state index is 12.3. The number of hydrogen-bond acceptors (Lipinski definition) is 4. The van der Waals surface area contributed by atoms with Gasteiger partial charge in [-0.3, -0.25) is 9.59 Å². The molecule has 0 bridgehead atoms. The lowest BCUT2D eigenvalue weighted by molar-refractivity contribution is -0.132. The standard InChI is InChI=1S/C19H20O4/c1-14(20)23-18-12-11-16(13-19(18)22-2)17(21)10-6-9-15-7-4-3-5-8-15/h3-5,7-8,11-13H,6,9-10H2,1-2H3. The number of Topliss-reactive ketones (excluding diaryl/α,β-unsaturated/α-hetero) is 1. The zero-order chi connectivity index (χ0) is 16.7. The fourth-order valence-corrected chi connectivity index (χ4v) is 2.32. The van der Waals surface area contributed by atoms with Gasteiger partial charge in [0.1, 0.15) is 0 Å². The molecule has 2 rings (SSSR count). The van der Waals surface area contributed by atoms with Crippen molar-refractivity contribution in [2.75, 3.05) is 7.11 Å². The van der Waals surface area contributed by atoms with E-state index in [0.29, 0.717) is 23.5 Å². The first kappa shape index (κ1) is 16.7. The summed E-state index contributed by atoms with van der Waals surface area (Å²) < 4.78 is 10.2. The van der Waals surface area contributed by atoms with Crippen LogP contribution in [0.2, 0.25) is 0 Å². The number of aryl methyl sites for hydroxylation is 1. The number of hydrogen-bond donors (Lipinski definition) is 0. The Morgan fingerprint density at radius 3 is 2.39 bits per heavy atom. The van der Waals surface area contributed by atoms with Crippen LogP contribution in [0.1, 0.15) is 35.7 Å². The zero-order valence-corrected chi connectivity index (χ0v) is 13.4. The van der Waals surface area contributed by atoms with E-state index >= 15 is 0 Å². The lowest BCUT2D eigenvalue weighted by Crippen LogP contribution is -2.05. The Labute approximate surface area is 136 Å². The summed E-state index contributed by atoms with van der Waals surface area (Å²) in [6.07, 6.45) is 2.12. The topological polar surface area (TPSA) is 52.6 Å². The number of esters is 1. The Kier molecular flexibility index (Phi) is 5.92. The summed E-state index contributed by atoms with van der Waals surface area (Å²) in [6, 6.07) is 14.9. The fourth-order valence-electron chi connectivity index (χ4n) is 2.32. The van der Waals surface area contributed by atoms with E-state index in [9.17, 15) is 9.59 Å². The molecule has 0 aromatic heterocycles. The van der Waals surface area contributed by atoms with E-state index in [1.54, 1.807) is 18.2 Å². The Hall–Kier alpha value is -2.62. The number of carbonyl (C=O) groups excluding carboxylic acids is 2. The average Bonchev–Trinajstić information content (AvgIpc) is 2.55. The Balaban J connectivity index is 1.97. The maximum Gasteiger partial charge on any atom is 0.308 e. The molecule has 0 aliphatic rings. The van der Waals surface area contributed by atoms with Gasteiger partial charge in [0.25, 0.3) is 0 Å². The number of benzene rings is 2. The van der Waals surface area contributed by atoms with E-state index in [4.69, 9.17) is 9.47 Å². The maximum atomic E-state index is 12.3. The van der Waals surface area contributed by atoms with Gasteiger partial charge in [-0.15, -0.1) is 0 Å². The lowest BCUT2D eigenvalue weighted by Gasteiger charge is -2.09. The summed E-state index contributed by atoms with van der Waals surface area (Å²) in [4.78, 5) is 23.3. The van der Waals surface area contributed by atoms with Crippen LogP contribution in [0, 0.1) is 0 Å². The molecule has 0 aliphatic carbocycles. The molecule has 4 heteroatoms. The molecule has 0 amide bonds. The highest BCUT2D eigenvalue weighted by Gasteiger charge is 2.12. The van der Waals surface area contributed by atoms with Gasteiger partial charge in [0.15, 0.2) is 17.3 Å². The molecule has 4 nitrogen and oxygen atoms in total. The molecule has 2 aromatic rings. The summed E-state index contributed by atoms with van der Waals surface area (Å²) in [7, 11) is 1.48. The molecule has 120 valence electrons. The van der Waals surface area contributed by atoms with Gasteiger partial charge in [0.05, 0.1) is 7.11 Å². The first-order valence-electron chi connectivity index (χ1n) is 7.53. The van der Waals surface area contributed by atoms with Crippen molar-refractivity contribution in [3.05, 3.63) is 59.7 Å². The molecule has 0 heterocycles. The molecule has 0 fully saturated rings. The van der Waals surface area contributed by atoms with Crippen molar-refractivity contribution in [2.24, 2.45) is 0 Å². The van der Waals surface area contributed by atoms with Gasteiger partial charge >= 0.3 is 5.97 Å². The number of ether oxygens (including phenoxy) is 2. The zero-order valence-electron chi connectivity index (χ0n) is 13.4. The normalized spacial score (nSPS) is 10.2. The Morgan fingerprint density at radius 2 is 1.74 bits per heavy atom. The van der Waals surface area contributed by atoms with Gasteiger partial charge in [-0.2, -0.15) is 0 Å². The Bertz CT molecular complexity index is 677. The fraction of sp³-hybridized carbons (Fsp3) is 0.263. The van der Waals surface area contributed by atoms with Gasteiger partial charge in [-0.05, 0) is 36.6 Å². The van der Waals surface area contributed by atoms with Gasteiger partial charge in [-0.1, -0.05) is 30.3 Å². The van der Waals surface area contributed by atoms with Crippen LogP contribution in [0.4, 0.5) is 0 Å². The molecule has 0 spiro atoms. The minimum absolute atomic E-state index is 0.0496. The highest BCUT2D eigenvalue weighted by Crippen LogP contribution is 2.28. The largest absolute Gasteiger partial charge is 0.493 e. The van der Waals surface area contributed by atoms with Crippen molar-refractivity contribution in [2.45, 2.75) is 26.2 Å². The smallest absolute Gasteiger partial charge is 0.308 e. The second-order valence-electron chi connectivity index (χ2n) is 5.22. The highest BCUT2D eigenvalue weighted by molar-refractivity contribution is 5.96. The molecule has 0 atom stereocenters. The van der Waals surface area contributed by atoms with Crippen molar-refractivity contribution in [1.82, 2.24) is 0 Å². The molecule has 0 radical (unpaired) electrons. The first-order valence-corrected chi connectivity index (χ1v) is 7.53. The molecule has 0 unspecified atom stereocenters. The minimum Gasteiger partial charge on any atom is -0.493 e. The predicted molar refractivity (Wildman–Crippen MR) is 88.0 cm³/mol. The second kappa shape index (κ2) is 8.13. The van der Waals surface area contributed by atoms with E-state index < -0.39 is 5.97 Å². The number of methoxy groups -OCH3 is 1. The van der Waals surface area contributed by atoms with Crippen LogP contribution in [0.5, 0.6) is 11.5 Å². The first-order chi connectivity index (χ1) is 11.1. The number of rotatable bonds is 7. The highest BCUT2D eigenvalue weighted by atomic mass is 16.6. The van der Waals surface area contributed by atoms with Crippen molar-refractivity contribution in [1.29, 1.82) is 0 Å². The SMILES string of the molecule is COc1cc(C(=O)CCCc2ccccc2)ccc1OC(C)=O. The van der Waals surface area contributed by atoms with Crippen molar-refractivity contribution in [3.8, 4) is 11.5 Å². The van der Waals surface area contributed by atoms with E-state index in [-0.39, 0.29) is 5.78 Å². The lowest BCUT2D eigenvalue weighted by atomic mass is 10.0. The summed E-state index contributed by atoms with van der Waals surface area (Å²) in [5.74, 6) is 0.328. The molecule has 2 aromatic carbocycles. The summed E-state index contributed by atoms with van der Waals surface area (Å²) >= 11 is 0. The van der Waals surface area contributed by atoms with E-state index in [2.05, 4.69) is 12.1 Å². The van der Waals surface area contributed by atoms with Gasteiger partial charge in [-0.25, -0.2) is 0 Å². The summed E-state index contributed by atoms with van der Waals surface area (Å²) in [6.45, 7) is 1.32. The molecular formula is C19H20O4.